The van der Waals surface area contributed by atoms with Crippen LogP contribution in [-0.4, -0.2) is 35.1 Å². The van der Waals surface area contributed by atoms with E-state index >= 15 is 0 Å². The molecule has 2 aromatic rings. The van der Waals surface area contributed by atoms with Gasteiger partial charge in [-0.15, -0.1) is 0 Å². The first kappa shape index (κ1) is 16.8. The third-order valence-corrected chi connectivity index (χ3v) is 4.09. The normalized spacial score (nSPS) is 16.8. The van der Waals surface area contributed by atoms with Crippen molar-refractivity contribution in [3.8, 4) is 11.9 Å². The molecule has 0 bridgehead atoms. The number of hydrogen-bond donors (Lipinski definition) is 1. The highest BCUT2D eigenvalue weighted by atomic mass is 16.5. The van der Waals surface area contributed by atoms with Gasteiger partial charge in [-0.05, 0) is 43.5 Å². The Bertz CT molecular complexity index is 800. The highest BCUT2D eigenvalue weighted by Gasteiger charge is 2.25. The lowest BCUT2D eigenvalue weighted by atomic mass is 10.1. The molecule has 1 fully saturated rings. The molecule has 1 N–H and O–H groups in total. The lowest BCUT2D eigenvalue weighted by molar-refractivity contribution is 0.102. The quantitative estimate of drug-likeness (QED) is 0.932. The van der Waals surface area contributed by atoms with E-state index in [-0.39, 0.29) is 12.1 Å². The molecule has 1 saturated heterocycles. The largest absolute Gasteiger partial charge is 0.472 e. The van der Waals surface area contributed by atoms with E-state index in [9.17, 15) is 4.79 Å². The summed E-state index contributed by atoms with van der Waals surface area (Å²) in [5.41, 5.74) is 2.40. The number of ether oxygens (including phenoxy) is 1. The van der Waals surface area contributed by atoms with Crippen molar-refractivity contribution in [2.45, 2.75) is 25.9 Å². The predicted octanol–water partition coefficient (Wildman–Crippen LogP) is 3.34. The smallest absolute Gasteiger partial charge is 0.321 e. The van der Waals surface area contributed by atoms with Gasteiger partial charge in [0.05, 0.1) is 18.2 Å². The minimum Gasteiger partial charge on any atom is -0.472 e. The fourth-order valence-corrected chi connectivity index (χ4v) is 2.86. The van der Waals surface area contributed by atoms with E-state index < -0.39 is 0 Å². The van der Waals surface area contributed by atoms with Crippen LogP contribution in [0.25, 0.3) is 0 Å². The van der Waals surface area contributed by atoms with Gasteiger partial charge in [-0.2, -0.15) is 5.26 Å². The number of rotatable bonds is 3. The first-order valence-electron chi connectivity index (χ1n) is 8.29. The second-order valence-electron chi connectivity index (χ2n) is 6.12. The monoisotopic (exact) mass is 336 g/mol. The number of anilines is 1. The van der Waals surface area contributed by atoms with Gasteiger partial charge >= 0.3 is 6.03 Å². The molecule has 2 amide bonds. The van der Waals surface area contributed by atoms with E-state index in [0.717, 1.165) is 24.1 Å². The highest BCUT2D eigenvalue weighted by Crippen LogP contribution is 2.19. The number of nitrogens with zero attached hydrogens (tertiary/aromatic N) is 3. The van der Waals surface area contributed by atoms with Gasteiger partial charge < -0.3 is 15.0 Å². The molecule has 0 radical (unpaired) electrons. The Morgan fingerprint density at radius 2 is 2.28 bits per heavy atom. The second-order valence-corrected chi connectivity index (χ2v) is 6.12. The number of likely N-dealkylation sites (tertiary alicyclic amines) is 1. The van der Waals surface area contributed by atoms with Gasteiger partial charge in [-0.25, -0.2) is 9.78 Å². The number of pyridine rings is 1. The fraction of sp³-hybridized carbons (Fsp3) is 0.316. The third kappa shape index (κ3) is 4.48. The van der Waals surface area contributed by atoms with Crippen LogP contribution in [0.5, 0.6) is 5.88 Å². The number of benzene rings is 1. The summed E-state index contributed by atoms with van der Waals surface area (Å²) in [6, 6.07) is 12.9. The van der Waals surface area contributed by atoms with Crippen molar-refractivity contribution in [1.82, 2.24) is 9.88 Å². The molecule has 25 heavy (non-hydrogen) atoms. The Morgan fingerprint density at radius 1 is 1.40 bits per heavy atom. The van der Waals surface area contributed by atoms with E-state index in [0.29, 0.717) is 24.5 Å². The number of carbonyl (C=O) groups excluding carboxylic acids is 1. The predicted molar refractivity (Wildman–Crippen MR) is 94.4 cm³/mol. The Kier molecular flexibility index (Phi) is 5.14. The van der Waals surface area contributed by atoms with Gasteiger partial charge in [0.1, 0.15) is 6.10 Å². The SMILES string of the molecule is Cc1cccc(NC(=O)N2CCC[C@H](Oc3cc(C#N)ccn3)C2)c1. The van der Waals surface area contributed by atoms with Crippen molar-refractivity contribution in [3.05, 3.63) is 53.7 Å². The van der Waals surface area contributed by atoms with Gasteiger partial charge in [0.25, 0.3) is 0 Å². The lowest BCUT2D eigenvalue weighted by Gasteiger charge is -2.32. The maximum absolute atomic E-state index is 12.5. The topological polar surface area (TPSA) is 78.3 Å². The fourth-order valence-electron chi connectivity index (χ4n) is 2.86. The Morgan fingerprint density at radius 3 is 3.08 bits per heavy atom. The van der Waals surface area contributed by atoms with Gasteiger partial charge in [0, 0.05) is 24.5 Å². The van der Waals surface area contributed by atoms with Crippen molar-refractivity contribution in [3.63, 3.8) is 0 Å². The average molecular weight is 336 g/mol. The van der Waals surface area contributed by atoms with E-state index in [1.165, 1.54) is 0 Å². The lowest BCUT2D eigenvalue weighted by Crippen LogP contribution is -2.46. The van der Waals surface area contributed by atoms with Crippen LogP contribution < -0.4 is 10.1 Å². The number of amides is 2. The molecular weight excluding hydrogens is 316 g/mol. The third-order valence-electron chi connectivity index (χ3n) is 4.09. The van der Waals surface area contributed by atoms with E-state index in [1.54, 1.807) is 23.2 Å². The summed E-state index contributed by atoms with van der Waals surface area (Å²) in [4.78, 5) is 18.4. The second kappa shape index (κ2) is 7.67. The summed E-state index contributed by atoms with van der Waals surface area (Å²) < 4.78 is 5.86. The molecule has 1 aliphatic heterocycles. The first-order chi connectivity index (χ1) is 12.1. The minimum atomic E-state index is -0.127. The Hall–Kier alpha value is -3.07. The molecule has 0 unspecified atom stereocenters. The van der Waals surface area contributed by atoms with Crippen molar-refractivity contribution < 1.29 is 9.53 Å². The zero-order valence-electron chi connectivity index (χ0n) is 14.1. The first-order valence-corrected chi connectivity index (χ1v) is 8.29. The number of carbonyl (C=O) groups is 1. The number of piperidine rings is 1. The molecular formula is C19H20N4O2. The van der Waals surface area contributed by atoms with Gasteiger partial charge in [-0.3, -0.25) is 0 Å². The average Bonchev–Trinajstić information content (AvgIpc) is 2.62. The minimum absolute atomic E-state index is 0.126. The number of hydrogen-bond acceptors (Lipinski definition) is 4. The van der Waals surface area contributed by atoms with Crippen molar-refractivity contribution >= 4 is 11.7 Å². The molecule has 1 atom stereocenters. The van der Waals surface area contributed by atoms with Crippen molar-refractivity contribution in [2.24, 2.45) is 0 Å². The molecule has 0 spiro atoms. The van der Waals surface area contributed by atoms with Crippen molar-refractivity contribution in [1.29, 1.82) is 5.26 Å². The molecule has 1 aliphatic rings. The van der Waals surface area contributed by atoms with Crippen LogP contribution in [-0.2, 0) is 0 Å². The molecule has 128 valence electrons. The zero-order valence-corrected chi connectivity index (χ0v) is 14.1. The number of nitrogens with one attached hydrogen (secondary N) is 1. The van der Waals surface area contributed by atoms with E-state index in [1.807, 2.05) is 31.2 Å². The number of urea groups is 1. The maximum Gasteiger partial charge on any atom is 0.321 e. The van der Waals surface area contributed by atoms with Gasteiger partial charge in [0.2, 0.25) is 5.88 Å². The van der Waals surface area contributed by atoms with E-state index in [2.05, 4.69) is 16.4 Å². The Labute approximate surface area is 147 Å². The number of aryl methyl sites for hydroxylation is 1. The molecule has 6 heteroatoms. The molecule has 1 aromatic carbocycles. The van der Waals surface area contributed by atoms with Gasteiger partial charge in [-0.1, -0.05) is 12.1 Å². The van der Waals surface area contributed by atoms with Gasteiger partial charge in [0.15, 0.2) is 0 Å². The molecule has 0 saturated carbocycles. The number of aromatic nitrogens is 1. The molecule has 6 nitrogen and oxygen atoms in total. The number of nitriles is 1. The maximum atomic E-state index is 12.5. The van der Waals surface area contributed by atoms with Crippen LogP contribution in [0.15, 0.2) is 42.6 Å². The summed E-state index contributed by atoms with van der Waals surface area (Å²) in [7, 11) is 0. The summed E-state index contributed by atoms with van der Waals surface area (Å²) in [5, 5.41) is 11.9. The molecule has 2 heterocycles. The zero-order chi connectivity index (χ0) is 17.6. The summed E-state index contributed by atoms with van der Waals surface area (Å²) in [6.45, 7) is 3.18. The Balaban J connectivity index is 1.60. The van der Waals surface area contributed by atoms with Crippen LogP contribution in [0.3, 0.4) is 0 Å². The van der Waals surface area contributed by atoms with E-state index in [4.69, 9.17) is 10.00 Å². The van der Waals surface area contributed by atoms with Crippen LogP contribution >= 0.6 is 0 Å². The molecule has 1 aromatic heterocycles. The van der Waals surface area contributed by atoms with Crippen molar-refractivity contribution in [2.75, 3.05) is 18.4 Å². The molecule has 0 aliphatic carbocycles. The van der Waals surface area contributed by atoms with Crippen LogP contribution in [0.2, 0.25) is 0 Å². The van der Waals surface area contributed by atoms with Crippen LogP contribution in [0.4, 0.5) is 10.5 Å². The summed E-state index contributed by atoms with van der Waals surface area (Å²) in [5.74, 6) is 0.421. The standard InChI is InChI=1S/C19H20N4O2/c1-14-4-2-5-16(10-14)22-19(24)23-9-3-6-17(13-23)25-18-11-15(12-20)7-8-21-18/h2,4-5,7-8,10-11,17H,3,6,9,13H2,1H3,(H,22,24)/t17-/m0/s1. The molecule has 3 rings (SSSR count). The van der Waals surface area contributed by atoms with Crippen LogP contribution in [0.1, 0.15) is 24.0 Å². The summed E-state index contributed by atoms with van der Waals surface area (Å²) in [6.07, 6.45) is 3.15. The summed E-state index contributed by atoms with van der Waals surface area (Å²) >= 11 is 0. The van der Waals surface area contributed by atoms with Crippen LogP contribution in [0, 0.1) is 18.3 Å². The highest BCUT2D eigenvalue weighted by molar-refractivity contribution is 5.89.